The lowest BCUT2D eigenvalue weighted by Gasteiger charge is -2.25. The number of furan rings is 1. The molecule has 0 N–H and O–H groups in total. The third kappa shape index (κ3) is 5.65. The molecule has 0 fully saturated rings. The minimum Gasteiger partial charge on any atom is -0.459 e. The van der Waals surface area contributed by atoms with Gasteiger partial charge in [-0.3, -0.25) is 19.5 Å². The lowest BCUT2D eigenvalue weighted by atomic mass is 9.96. The Balaban J connectivity index is 1.61. The Morgan fingerprint density at radius 3 is 2.61 bits per heavy atom. The van der Waals surface area contributed by atoms with E-state index in [0.717, 1.165) is 10.5 Å². The number of ether oxygens (including phenoxy) is 1. The van der Waals surface area contributed by atoms with E-state index in [1.54, 1.807) is 56.8 Å². The van der Waals surface area contributed by atoms with Crippen LogP contribution in [0.2, 0.25) is 5.02 Å². The number of halogens is 1. The van der Waals surface area contributed by atoms with Crippen LogP contribution in [0.3, 0.4) is 0 Å². The number of thioether (sulfide) groups is 1. The van der Waals surface area contributed by atoms with E-state index in [1.165, 1.54) is 28.0 Å². The summed E-state index contributed by atoms with van der Waals surface area (Å²) in [5, 5.41) is 11.3. The number of fused-ring (bicyclic) bond motifs is 1. The first kappa shape index (κ1) is 28.6. The van der Waals surface area contributed by atoms with Gasteiger partial charge in [-0.05, 0) is 69.0 Å². The van der Waals surface area contributed by atoms with E-state index in [1.807, 2.05) is 30.5 Å². The maximum absolute atomic E-state index is 13.8. The van der Waals surface area contributed by atoms with Crippen LogP contribution in [0.1, 0.15) is 38.1 Å². The summed E-state index contributed by atoms with van der Waals surface area (Å²) < 4.78 is 13.3. The Morgan fingerprint density at radius 2 is 1.95 bits per heavy atom. The molecule has 0 spiro atoms. The van der Waals surface area contributed by atoms with Crippen molar-refractivity contribution in [3.05, 3.63) is 112 Å². The lowest BCUT2D eigenvalue weighted by Crippen LogP contribution is -2.40. The van der Waals surface area contributed by atoms with Gasteiger partial charge in [-0.25, -0.2) is 9.79 Å². The third-order valence-corrected chi connectivity index (χ3v) is 8.39. The van der Waals surface area contributed by atoms with Crippen LogP contribution in [0.15, 0.2) is 85.0 Å². The van der Waals surface area contributed by atoms with Gasteiger partial charge in [0.25, 0.3) is 11.2 Å². The van der Waals surface area contributed by atoms with Gasteiger partial charge in [0.05, 0.1) is 32.9 Å². The van der Waals surface area contributed by atoms with E-state index in [-0.39, 0.29) is 22.4 Å². The van der Waals surface area contributed by atoms with Crippen LogP contribution >= 0.6 is 34.7 Å². The number of aromatic nitrogens is 1. The SMILES string of the molecule is CSc1ccc([C@H]2C(C(=O)OC(C)C)=C(C)N=c3s/c(=C\c4ccc(-c5ccc(Cl)c([N+](=O)[O-])c5)o4)c(=O)n32)cc1. The van der Waals surface area contributed by atoms with Crippen molar-refractivity contribution < 1.29 is 18.9 Å². The second kappa shape index (κ2) is 11.5. The van der Waals surface area contributed by atoms with Crippen LogP contribution in [0.5, 0.6) is 0 Å². The quantitative estimate of drug-likeness (QED) is 0.114. The van der Waals surface area contributed by atoms with Crippen molar-refractivity contribution in [2.75, 3.05) is 6.26 Å². The highest BCUT2D eigenvalue weighted by Gasteiger charge is 2.33. The molecule has 4 aromatic rings. The Morgan fingerprint density at radius 1 is 1.22 bits per heavy atom. The highest BCUT2D eigenvalue weighted by atomic mass is 35.5. The van der Waals surface area contributed by atoms with Crippen LogP contribution in [0.25, 0.3) is 17.4 Å². The third-order valence-electron chi connectivity index (χ3n) is 6.34. The molecule has 12 heteroatoms. The Labute approximate surface area is 247 Å². The van der Waals surface area contributed by atoms with Gasteiger partial charge in [0.1, 0.15) is 16.5 Å². The van der Waals surface area contributed by atoms with Crippen molar-refractivity contribution >= 4 is 52.4 Å². The minimum atomic E-state index is -0.725. The number of nitrogens with zero attached hydrogens (tertiary/aromatic N) is 3. The molecule has 0 unspecified atom stereocenters. The fourth-order valence-corrected chi connectivity index (χ4v) is 6.10. The second-order valence-electron chi connectivity index (χ2n) is 9.43. The number of nitro groups is 1. The second-order valence-corrected chi connectivity index (χ2v) is 11.7. The molecule has 41 heavy (non-hydrogen) atoms. The largest absolute Gasteiger partial charge is 0.459 e. The molecule has 3 heterocycles. The monoisotopic (exact) mass is 609 g/mol. The molecule has 5 rings (SSSR count). The van der Waals surface area contributed by atoms with E-state index in [4.69, 9.17) is 20.8 Å². The number of esters is 1. The maximum atomic E-state index is 13.8. The van der Waals surface area contributed by atoms with Crippen LogP contribution in [-0.4, -0.2) is 27.8 Å². The molecule has 0 radical (unpaired) electrons. The zero-order valence-electron chi connectivity index (χ0n) is 22.4. The zero-order valence-corrected chi connectivity index (χ0v) is 24.8. The van der Waals surface area contributed by atoms with Crippen LogP contribution in [0.4, 0.5) is 5.69 Å². The number of benzene rings is 2. The number of thiazole rings is 1. The molecule has 0 aliphatic carbocycles. The van der Waals surface area contributed by atoms with Gasteiger partial charge in [-0.2, -0.15) is 0 Å². The van der Waals surface area contributed by atoms with Gasteiger partial charge in [0.2, 0.25) is 0 Å². The summed E-state index contributed by atoms with van der Waals surface area (Å²) in [6.45, 7) is 5.28. The number of carbonyl (C=O) groups is 1. The zero-order chi connectivity index (χ0) is 29.4. The molecule has 0 saturated heterocycles. The first-order valence-corrected chi connectivity index (χ1v) is 14.9. The number of rotatable bonds is 7. The van der Waals surface area contributed by atoms with Gasteiger partial charge in [0, 0.05) is 22.6 Å². The molecular formula is C29H24ClN3O6S2. The Bertz CT molecular complexity index is 1890. The number of hydrogen-bond acceptors (Lipinski definition) is 9. The molecule has 1 atom stereocenters. The van der Waals surface area contributed by atoms with Crippen LogP contribution in [0, 0.1) is 10.1 Å². The fourth-order valence-electron chi connectivity index (χ4n) is 4.48. The van der Waals surface area contributed by atoms with Gasteiger partial charge in [0.15, 0.2) is 4.80 Å². The predicted molar refractivity (Wildman–Crippen MR) is 159 cm³/mol. The molecule has 1 aliphatic heterocycles. The van der Waals surface area contributed by atoms with Crippen molar-refractivity contribution in [2.45, 2.75) is 37.8 Å². The molecule has 2 aromatic heterocycles. The molecular weight excluding hydrogens is 586 g/mol. The highest BCUT2D eigenvalue weighted by molar-refractivity contribution is 7.98. The highest BCUT2D eigenvalue weighted by Crippen LogP contribution is 2.33. The van der Waals surface area contributed by atoms with Crippen molar-refractivity contribution in [3.63, 3.8) is 0 Å². The maximum Gasteiger partial charge on any atom is 0.338 e. The molecule has 0 amide bonds. The Kier molecular flexibility index (Phi) is 8.03. The van der Waals surface area contributed by atoms with E-state index in [2.05, 4.69) is 4.99 Å². The topological polar surface area (TPSA) is 117 Å². The molecule has 210 valence electrons. The summed E-state index contributed by atoms with van der Waals surface area (Å²) in [6.07, 6.45) is 3.22. The summed E-state index contributed by atoms with van der Waals surface area (Å²) in [5.74, 6) is 0.228. The van der Waals surface area contributed by atoms with Crippen LogP contribution < -0.4 is 14.9 Å². The fraction of sp³-hybridized carbons (Fsp3) is 0.207. The van der Waals surface area contributed by atoms with Crippen molar-refractivity contribution in [2.24, 2.45) is 4.99 Å². The number of hydrogen-bond donors (Lipinski definition) is 0. The smallest absolute Gasteiger partial charge is 0.338 e. The Hall–Kier alpha value is -3.93. The van der Waals surface area contributed by atoms with Gasteiger partial charge >= 0.3 is 5.97 Å². The first-order valence-electron chi connectivity index (χ1n) is 12.5. The van der Waals surface area contributed by atoms with Crippen molar-refractivity contribution in [3.8, 4) is 11.3 Å². The summed E-state index contributed by atoms with van der Waals surface area (Å²) in [6, 6.07) is 14.7. The average molecular weight is 610 g/mol. The number of carbonyl (C=O) groups excluding carboxylic acids is 1. The first-order chi connectivity index (χ1) is 19.6. The van der Waals surface area contributed by atoms with Crippen molar-refractivity contribution in [1.82, 2.24) is 4.57 Å². The van der Waals surface area contributed by atoms with Gasteiger partial charge in [-0.1, -0.05) is 35.1 Å². The standard InChI is InChI=1S/C29H24ClN3O6S2/c1-15(2)38-28(35)25-16(3)31-29-32(26(25)17-5-9-20(40-4)10-6-17)27(34)24(41-29)14-19-8-12-23(39-19)18-7-11-21(30)22(13-18)33(36)37/h5-15,26H,1-4H3/b24-14-/t26-/m0/s1. The van der Waals surface area contributed by atoms with Gasteiger partial charge in [-0.15, -0.1) is 11.8 Å². The molecule has 0 saturated carbocycles. The average Bonchev–Trinajstić information content (AvgIpc) is 3.52. The number of allylic oxidation sites excluding steroid dienone is 1. The molecule has 2 aromatic carbocycles. The molecule has 0 bridgehead atoms. The molecule has 1 aliphatic rings. The normalized spacial score (nSPS) is 15.2. The summed E-state index contributed by atoms with van der Waals surface area (Å²) in [5.41, 5.74) is 1.44. The van der Waals surface area contributed by atoms with Crippen molar-refractivity contribution in [1.29, 1.82) is 0 Å². The van der Waals surface area contributed by atoms with E-state index in [9.17, 15) is 19.7 Å². The van der Waals surface area contributed by atoms with Gasteiger partial charge < -0.3 is 9.15 Å². The summed E-state index contributed by atoms with van der Waals surface area (Å²) in [7, 11) is 0. The number of nitro benzene ring substituents is 1. The van der Waals surface area contributed by atoms with Crippen LogP contribution in [-0.2, 0) is 9.53 Å². The summed E-state index contributed by atoms with van der Waals surface area (Å²) >= 11 is 8.71. The lowest BCUT2D eigenvalue weighted by molar-refractivity contribution is -0.384. The van der Waals surface area contributed by atoms with E-state index in [0.29, 0.717) is 37.7 Å². The van der Waals surface area contributed by atoms with E-state index < -0.39 is 16.9 Å². The minimum absolute atomic E-state index is 0.0243. The predicted octanol–water partition coefficient (Wildman–Crippen LogP) is 5.73. The molecule has 9 nitrogen and oxygen atoms in total. The van der Waals surface area contributed by atoms with E-state index >= 15 is 0 Å². The summed E-state index contributed by atoms with van der Waals surface area (Å²) in [4.78, 5) is 43.9.